The van der Waals surface area contributed by atoms with Gasteiger partial charge < -0.3 is 30.2 Å². The number of hydrogen-bond donors (Lipinski definition) is 3. The van der Waals surface area contributed by atoms with Gasteiger partial charge in [-0.1, -0.05) is 31.0 Å². The first-order valence-corrected chi connectivity index (χ1v) is 12.8. The van der Waals surface area contributed by atoms with Gasteiger partial charge in [0.15, 0.2) is 6.61 Å². The molecule has 5 rings (SSSR count). The van der Waals surface area contributed by atoms with Crippen molar-refractivity contribution in [3.63, 3.8) is 0 Å². The highest BCUT2D eigenvalue weighted by Gasteiger charge is 2.37. The van der Waals surface area contributed by atoms with Crippen LogP contribution >= 0.6 is 0 Å². The number of carbonyl (C=O) groups excluding carboxylic acids is 3. The van der Waals surface area contributed by atoms with Crippen molar-refractivity contribution in [1.82, 2.24) is 15.2 Å². The largest absolute Gasteiger partial charge is 0.483 e. The van der Waals surface area contributed by atoms with Crippen LogP contribution in [0.1, 0.15) is 43.4 Å². The van der Waals surface area contributed by atoms with Crippen LogP contribution in [0.25, 0.3) is 0 Å². The van der Waals surface area contributed by atoms with E-state index in [1.807, 2.05) is 30.1 Å². The van der Waals surface area contributed by atoms with Crippen LogP contribution in [0, 0.1) is 12.8 Å². The lowest BCUT2D eigenvalue weighted by Crippen LogP contribution is -2.49. The number of aryl methyl sites for hydroxylation is 1. The zero-order valence-corrected chi connectivity index (χ0v) is 21.2. The molecule has 10 heteroatoms. The number of pyridine rings is 1. The summed E-state index contributed by atoms with van der Waals surface area (Å²) in [7, 11) is 1.84. The molecule has 10 nitrogen and oxygen atoms in total. The minimum atomic E-state index is -0.402. The van der Waals surface area contributed by atoms with Crippen LogP contribution in [0.15, 0.2) is 35.1 Å². The quantitative estimate of drug-likeness (QED) is 0.450. The van der Waals surface area contributed by atoms with E-state index in [4.69, 9.17) is 4.74 Å². The molecule has 3 aliphatic rings. The number of carbonyl (C=O) groups is 3. The molecular formula is C27H33N5O5. The van der Waals surface area contributed by atoms with E-state index in [1.165, 1.54) is 4.57 Å². The topological polar surface area (TPSA) is 122 Å². The molecule has 3 amide bonds. The van der Waals surface area contributed by atoms with Gasteiger partial charge in [0.25, 0.3) is 11.5 Å². The van der Waals surface area contributed by atoms with E-state index in [0.29, 0.717) is 23.0 Å². The van der Waals surface area contributed by atoms with Crippen LogP contribution in [0.2, 0.25) is 0 Å². The summed E-state index contributed by atoms with van der Waals surface area (Å²) in [5.41, 5.74) is 1.85. The standard InChI is InChI=1S/C27H33N5O5/c1-16-11-20-25(30-26(35)21(31(20)2)12-17-7-8-17)27(36)32(16)14-23(33)28-13-18-5-3-4-6-22(18)37-15-24(34)29-19-9-10-19/h3-6,11,17,19,21H,7-10,12-15H2,1-2H3,(H,28,33)(H,29,34)(H,30,35). The van der Waals surface area contributed by atoms with Crippen LogP contribution < -0.4 is 31.1 Å². The van der Waals surface area contributed by atoms with Crippen molar-refractivity contribution >= 4 is 29.1 Å². The Kier molecular flexibility index (Phi) is 6.90. The van der Waals surface area contributed by atoms with Crippen molar-refractivity contribution in [1.29, 1.82) is 0 Å². The molecule has 2 aliphatic carbocycles. The number of anilines is 2. The molecule has 1 atom stereocenters. The highest BCUT2D eigenvalue weighted by Crippen LogP contribution is 2.38. The van der Waals surface area contributed by atoms with E-state index in [9.17, 15) is 19.2 Å². The molecule has 2 fully saturated rings. The lowest BCUT2D eigenvalue weighted by Gasteiger charge is -2.35. The third kappa shape index (κ3) is 5.79. The monoisotopic (exact) mass is 507 g/mol. The maximum absolute atomic E-state index is 13.2. The molecular weight excluding hydrogens is 474 g/mol. The molecule has 37 heavy (non-hydrogen) atoms. The molecule has 1 aliphatic heterocycles. The van der Waals surface area contributed by atoms with Gasteiger partial charge in [0.1, 0.15) is 24.0 Å². The predicted molar refractivity (Wildman–Crippen MR) is 139 cm³/mol. The molecule has 2 saturated carbocycles. The lowest BCUT2D eigenvalue weighted by atomic mass is 10.0. The fourth-order valence-electron chi connectivity index (χ4n) is 4.65. The molecule has 1 aromatic heterocycles. The number of ether oxygens (including phenoxy) is 1. The maximum Gasteiger partial charge on any atom is 0.277 e. The minimum absolute atomic E-state index is 0.0904. The van der Waals surface area contributed by atoms with E-state index < -0.39 is 5.56 Å². The first-order valence-electron chi connectivity index (χ1n) is 12.8. The summed E-state index contributed by atoms with van der Waals surface area (Å²) in [5, 5.41) is 8.50. The summed E-state index contributed by atoms with van der Waals surface area (Å²) in [5.74, 6) is 0.387. The van der Waals surface area contributed by atoms with Gasteiger partial charge in [-0.2, -0.15) is 0 Å². The van der Waals surface area contributed by atoms with Crippen molar-refractivity contribution in [2.45, 2.75) is 64.2 Å². The fraction of sp³-hybridized carbons (Fsp3) is 0.481. The Bertz CT molecular complexity index is 1280. The van der Waals surface area contributed by atoms with E-state index in [-0.39, 0.29) is 55.2 Å². The molecule has 196 valence electrons. The van der Waals surface area contributed by atoms with Crippen LogP contribution in [-0.4, -0.2) is 48.0 Å². The summed E-state index contributed by atoms with van der Waals surface area (Å²) >= 11 is 0. The smallest absolute Gasteiger partial charge is 0.277 e. The molecule has 2 heterocycles. The molecule has 1 unspecified atom stereocenters. The van der Waals surface area contributed by atoms with Gasteiger partial charge in [0.2, 0.25) is 11.8 Å². The number of nitrogens with zero attached hydrogens (tertiary/aromatic N) is 2. The molecule has 0 spiro atoms. The average molecular weight is 508 g/mol. The van der Waals surface area contributed by atoms with E-state index >= 15 is 0 Å². The number of likely N-dealkylation sites (N-methyl/N-ethyl adjacent to an activating group) is 1. The lowest BCUT2D eigenvalue weighted by molar-refractivity contribution is -0.123. The third-order valence-corrected chi connectivity index (χ3v) is 7.19. The predicted octanol–water partition coefficient (Wildman–Crippen LogP) is 1.69. The Labute approximate surface area is 215 Å². The maximum atomic E-state index is 13.2. The van der Waals surface area contributed by atoms with E-state index in [2.05, 4.69) is 16.0 Å². The summed E-state index contributed by atoms with van der Waals surface area (Å²) in [6, 6.07) is 9.01. The van der Waals surface area contributed by atoms with Crippen LogP contribution in [-0.2, 0) is 27.5 Å². The van der Waals surface area contributed by atoms with Gasteiger partial charge in [0, 0.05) is 30.9 Å². The molecule has 0 saturated heterocycles. The number of nitrogens with one attached hydrogen (secondary N) is 3. The normalized spacial score (nSPS) is 18.6. The Morgan fingerprint density at radius 2 is 1.86 bits per heavy atom. The Balaban J connectivity index is 1.22. The van der Waals surface area contributed by atoms with E-state index in [1.54, 1.807) is 19.1 Å². The third-order valence-electron chi connectivity index (χ3n) is 7.19. The van der Waals surface area contributed by atoms with Crippen molar-refractivity contribution in [2.24, 2.45) is 5.92 Å². The van der Waals surface area contributed by atoms with Crippen LogP contribution in [0.4, 0.5) is 11.4 Å². The number of rotatable bonds is 10. The van der Waals surface area contributed by atoms with Crippen molar-refractivity contribution in [3.05, 3.63) is 51.9 Å². The second-order valence-corrected chi connectivity index (χ2v) is 10.2. The number of para-hydroxylation sites is 1. The fourth-order valence-corrected chi connectivity index (χ4v) is 4.65. The average Bonchev–Trinajstić information content (AvgIpc) is 3.80. The summed E-state index contributed by atoms with van der Waals surface area (Å²) in [6.07, 6.45) is 5.08. The minimum Gasteiger partial charge on any atom is -0.483 e. The summed E-state index contributed by atoms with van der Waals surface area (Å²) in [6.45, 7) is 1.69. The van der Waals surface area contributed by atoms with Crippen LogP contribution in [0.5, 0.6) is 5.75 Å². The second kappa shape index (κ2) is 10.3. The Morgan fingerprint density at radius 1 is 1.11 bits per heavy atom. The summed E-state index contributed by atoms with van der Waals surface area (Å²) < 4.78 is 7.04. The second-order valence-electron chi connectivity index (χ2n) is 10.2. The first-order chi connectivity index (χ1) is 17.8. The van der Waals surface area contributed by atoms with Crippen molar-refractivity contribution in [2.75, 3.05) is 23.9 Å². The Morgan fingerprint density at radius 3 is 2.59 bits per heavy atom. The van der Waals surface area contributed by atoms with Crippen molar-refractivity contribution < 1.29 is 19.1 Å². The molecule has 1 aromatic carbocycles. The number of benzene rings is 1. The first kappa shape index (κ1) is 24.9. The zero-order chi connectivity index (χ0) is 26.1. The van der Waals surface area contributed by atoms with Crippen molar-refractivity contribution in [3.8, 4) is 5.75 Å². The molecule has 0 radical (unpaired) electrons. The van der Waals surface area contributed by atoms with Gasteiger partial charge in [-0.05, 0) is 44.2 Å². The number of aromatic nitrogens is 1. The highest BCUT2D eigenvalue weighted by molar-refractivity contribution is 6.03. The van der Waals surface area contributed by atoms with Gasteiger partial charge in [-0.15, -0.1) is 0 Å². The number of hydrogen-bond acceptors (Lipinski definition) is 6. The SMILES string of the molecule is Cc1cc2c(c(=O)n1CC(=O)NCc1ccccc1OCC(=O)NC1CC1)NC(=O)C(CC1CC1)N2C. The van der Waals surface area contributed by atoms with Crippen LogP contribution in [0.3, 0.4) is 0 Å². The zero-order valence-electron chi connectivity index (χ0n) is 21.2. The Hall–Kier alpha value is -3.82. The van der Waals surface area contributed by atoms with E-state index in [0.717, 1.165) is 37.7 Å². The molecule has 2 aromatic rings. The molecule has 3 N–H and O–H groups in total. The van der Waals surface area contributed by atoms with Gasteiger partial charge >= 0.3 is 0 Å². The highest BCUT2D eigenvalue weighted by atomic mass is 16.5. The molecule has 0 bridgehead atoms. The summed E-state index contributed by atoms with van der Waals surface area (Å²) in [4.78, 5) is 52.6. The number of amides is 3. The van der Waals surface area contributed by atoms with Gasteiger partial charge in [0.05, 0.1) is 5.69 Å². The number of fused-ring (bicyclic) bond motifs is 1. The van der Waals surface area contributed by atoms with Gasteiger partial charge in [-0.25, -0.2) is 0 Å². The van der Waals surface area contributed by atoms with Gasteiger partial charge in [-0.3, -0.25) is 19.2 Å².